The van der Waals surface area contributed by atoms with Crippen molar-refractivity contribution in [2.75, 3.05) is 12.3 Å². The molecule has 3 heterocycles. The van der Waals surface area contributed by atoms with E-state index in [1.54, 1.807) is 43.6 Å². The quantitative estimate of drug-likeness (QED) is 0.411. The van der Waals surface area contributed by atoms with Crippen molar-refractivity contribution in [2.24, 2.45) is 5.73 Å². The number of anilines is 1. The lowest BCUT2D eigenvalue weighted by molar-refractivity contribution is 0.0939. The number of fused-ring (bicyclic) bond motifs is 2. The van der Waals surface area contributed by atoms with Gasteiger partial charge in [-0.15, -0.1) is 5.10 Å². The number of hydrogen-bond donors (Lipinski definition) is 3. The molecule has 3 aromatic heterocycles. The minimum Gasteiger partial charge on any atom is -0.381 e. The van der Waals surface area contributed by atoms with Crippen LogP contribution in [0, 0.1) is 0 Å². The summed E-state index contributed by atoms with van der Waals surface area (Å²) in [4.78, 5) is 35.0. The molecule has 4 rings (SSSR count). The van der Waals surface area contributed by atoms with Gasteiger partial charge < -0.3 is 16.8 Å². The molecule has 11 heteroatoms. The molecule has 0 fully saturated rings. The molecule has 0 bridgehead atoms. The summed E-state index contributed by atoms with van der Waals surface area (Å²) in [6.45, 7) is 2.49. The van der Waals surface area contributed by atoms with Crippen LogP contribution >= 0.6 is 11.6 Å². The third-order valence-electron chi connectivity index (χ3n) is 4.93. The number of nitrogens with two attached hydrogens (primary N) is 2. The lowest BCUT2D eigenvalue weighted by Gasteiger charge is -2.19. The van der Waals surface area contributed by atoms with Crippen LogP contribution < -0.4 is 22.3 Å². The molecular weight excluding hydrogens is 420 g/mol. The Bertz CT molecular complexity index is 1350. The molecule has 0 aliphatic carbocycles. The predicted molar refractivity (Wildman–Crippen MR) is 118 cm³/mol. The second-order valence-electron chi connectivity index (χ2n) is 7.05. The summed E-state index contributed by atoms with van der Waals surface area (Å²) >= 11 is 6.25. The number of halogens is 1. The van der Waals surface area contributed by atoms with Gasteiger partial charge in [-0.1, -0.05) is 17.7 Å². The monoisotopic (exact) mass is 440 g/mol. The number of benzene rings is 1. The van der Waals surface area contributed by atoms with E-state index in [9.17, 15) is 9.59 Å². The molecule has 1 atom stereocenters. The fourth-order valence-electron chi connectivity index (χ4n) is 3.49. The van der Waals surface area contributed by atoms with Gasteiger partial charge >= 0.3 is 0 Å². The molecule has 5 N–H and O–H groups in total. The highest BCUT2D eigenvalue weighted by Gasteiger charge is 2.24. The second-order valence-corrected chi connectivity index (χ2v) is 7.45. The van der Waals surface area contributed by atoms with Crippen molar-refractivity contribution in [1.29, 1.82) is 0 Å². The number of amides is 1. The van der Waals surface area contributed by atoms with E-state index in [1.165, 1.54) is 9.08 Å². The Balaban J connectivity index is 1.76. The second kappa shape index (κ2) is 8.32. The van der Waals surface area contributed by atoms with E-state index in [1.807, 2.05) is 0 Å². The van der Waals surface area contributed by atoms with Gasteiger partial charge in [-0.25, -0.2) is 14.5 Å². The summed E-state index contributed by atoms with van der Waals surface area (Å²) in [5, 5.41) is 7.62. The van der Waals surface area contributed by atoms with E-state index in [2.05, 4.69) is 20.4 Å². The van der Waals surface area contributed by atoms with Gasteiger partial charge in [-0.2, -0.15) is 0 Å². The highest BCUT2D eigenvalue weighted by Crippen LogP contribution is 2.22. The molecule has 0 spiro atoms. The van der Waals surface area contributed by atoms with Crippen molar-refractivity contribution >= 4 is 39.9 Å². The Hall–Kier alpha value is -3.50. The van der Waals surface area contributed by atoms with Crippen LogP contribution in [0.4, 0.5) is 5.82 Å². The minimum absolute atomic E-state index is 0.0576. The molecule has 1 amide bonds. The number of nitrogens with zero attached hydrogens (tertiary/aromatic N) is 5. The predicted octanol–water partition coefficient (Wildman–Crippen LogP) is 1.51. The van der Waals surface area contributed by atoms with Crippen LogP contribution in [-0.4, -0.2) is 36.6 Å². The van der Waals surface area contributed by atoms with Gasteiger partial charge in [-0.05, 0) is 38.1 Å². The Morgan fingerprint density at radius 1 is 1.32 bits per heavy atom. The van der Waals surface area contributed by atoms with Gasteiger partial charge in [0.25, 0.3) is 11.5 Å². The summed E-state index contributed by atoms with van der Waals surface area (Å²) < 4.78 is 2.94. The highest BCUT2D eigenvalue weighted by atomic mass is 35.5. The van der Waals surface area contributed by atoms with E-state index >= 15 is 0 Å². The number of carbonyl (C=O) groups excluding carboxylic acids is 1. The zero-order chi connectivity index (χ0) is 22.1. The number of hydrogen-bond acceptors (Lipinski definition) is 7. The number of rotatable bonds is 6. The lowest BCUT2D eigenvalue weighted by Crippen LogP contribution is -2.34. The van der Waals surface area contributed by atoms with Crippen LogP contribution in [0.1, 0.15) is 35.6 Å². The normalized spacial score (nSPS) is 12.4. The van der Waals surface area contributed by atoms with Crippen molar-refractivity contribution in [1.82, 2.24) is 29.5 Å². The fourth-order valence-corrected chi connectivity index (χ4v) is 3.74. The van der Waals surface area contributed by atoms with E-state index in [0.717, 1.165) is 0 Å². The molecule has 4 aromatic rings. The molecule has 0 radical (unpaired) electrons. The smallest absolute Gasteiger partial charge is 0.262 e. The third kappa shape index (κ3) is 3.71. The van der Waals surface area contributed by atoms with Gasteiger partial charge in [0.1, 0.15) is 11.4 Å². The molecule has 10 nitrogen and oxygen atoms in total. The summed E-state index contributed by atoms with van der Waals surface area (Å²) in [5.74, 6) is -0.0174. The largest absolute Gasteiger partial charge is 0.381 e. The van der Waals surface area contributed by atoms with Crippen LogP contribution in [0.5, 0.6) is 0 Å². The van der Waals surface area contributed by atoms with E-state index < -0.39 is 11.9 Å². The van der Waals surface area contributed by atoms with Crippen LogP contribution in [-0.2, 0) is 6.54 Å². The van der Waals surface area contributed by atoms with Gasteiger partial charge in [0, 0.05) is 18.9 Å². The average Bonchev–Trinajstić information content (AvgIpc) is 3.08. The molecule has 0 unspecified atom stereocenters. The topological polar surface area (TPSA) is 146 Å². The Morgan fingerprint density at radius 2 is 2.13 bits per heavy atom. The molecule has 0 saturated heterocycles. The van der Waals surface area contributed by atoms with Gasteiger partial charge in [0.15, 0.2) is 11.5 Å². The van der Waals surface area contributed by atoms with Gasteiger partial charge in [-0.3, -0.25) is 14.2 Å². The third-order valence-corrected chi connectivity index (χ3v) is 5.25. The zero-order valence-electron chi connectivity index (χ0n) is 16.7. The molecule has 31 heavy (non-hydrogen) atoms. The van der Waals surface area contributed by atoms with Gasteiger partial charge in [0.2, 0.25) is 0 Å². The standard InChI is InChI=1S/C20H21ClN8O2/c1-11(25-19(30)15-16(23)27-29-10-4-8-24-18(15)29)17-26-13-6-2-5-12(21)14(13)20(31)28(17)9-3-7-22/h2,4-6,8,10-11H,3,7,9,22H2,1H3,(H2,23,27)(H,25,30)/t11-/m0/s1. The molecular formula is C20H21ClN8O2. The summed E-state index contributed by atoms with van der Waals surface area (Å²) in [5.41, 5.74) is 12.3. The van der Waals surface area contributed by atoms with Gasteiger partial charge in [0.05, 0.1) is 22.0 Å². The number of nitrogen functional groups attached to an aromatic ring is 1. The molecule has 0 saturated carbocycles. The summed E-state index contributed by atoms with van der Waals surface area (Å²) in [7, 11) is 0. The maximum Gasteiger partial charge on any atom is 0.262 e. The first-order chi connectivity index (χ1) is 14.9. The van der Waals surface area contributed by atoms with Crippen molar-refractivity contribution in [3.63, 3.8) is 0 Å². The van der Waals surface area contributed by atoms with Crippen LogP contribution in [0.2, 0.25) is 5.02 Å². The average molecular weight is 441 g/mol. The lowest BCUT2D eigenvalue weighted by atomic mass is 10.2. The highest BCUT2D eigenvalue weighted by molar-refractivity contribution is 6.35. The Labute approximate surface area is 181 Å². The van der Waals surface area contributed by atoms with Crippen molar-refractivity contribution < 1.29 is 4.79 Å². The number of nitrogens with one attached hydrogen (secondary N) is 1. The number of carbonyl (C=O) groups is 1. The maximum absolute atomic E-state index is 13.2. The molecule has 0 aliphatic rings. The number of aromatic nitrogens is 5. The first kappa shape index (κ1) is 20.8. The Kier molecular flexibility index (Phi) is 5.57. The summed E-state index contributed by atoms with van der Waals surface area (Å²) in [6.07, 6.45) is 3.77. The van der Waals surface area contributed by atoms with E-state index in [4.69, 9.17) is 23.1 Å². The van der Waals surface area contributed by atoms with E-state index in [-0.39, 0.29) is 16.9 Å². The van der Waals surface area contributed by atoms with Crippen LogP contribution in [0.25, 0.3) is 16.6 Å². The first-order valence-electron chi connectivity index (χ1n) is 9.71. The Morgan fingerprint density at radius 3 is 2.90 bits per heavy atom. The maximum atomic E-state index is 13.2. The first-order valence-corrected chi connectivity index (χ1v) is 10.1. The van der Waals surface area contributed by atoms with Crippen LogP contribution in [0.3, 0.4) is 0 Å². The van der Waals surface area contributed by atoms with Crippen molar-refractivity contribution in [3.05, 3.63) is 63.4 Å². The van der Waals surface area contributed by atoms with Crippen LogP contribution in [0.15, 0.2) is 41.5 Å². The summed E-state index contributed by atoms with van der Waals surface area (Å²) in [6, 6.07) is 6.15. The molecule has 0 aliphatic heterocycles. The molecule has 1 aromatic carbocycles. The van der Waals surface area contributed by atoms with Crippen molar-refractivity contribution in [3.8, 4) is 0 Å². The minimum atomic E-state index is -0.612. The zero-order valence-corrected chi connectivity index (χ0v) is 17.5. The molecule has 160 valence electrons. The van der Waals surface area contributed by atoms with E-state index in [0.29, 0.717) is 46.9 Å². The van der Waals surface area contributed by atoms with Crippen molar-refractivity contribution in [2.45, 2.75) is 25.9 Å². The SMILES string of the molecule is C[C@H](NC(=O)c1c(N)nn2cccnc12)c1nc2cccc(Cl)c2c(=O)n1CCCN. The fraction of sp³-hybridized carbons (Fsp3) is 0.250.